The Morgan fingerprint density at radius 2 is 1.50 bits per heavy atom. The quantitative estimate of drug-likeness (QED) is 0.381. The molecule has 1 amide bonds. The normalized spacial score (nSPS) is 21.5. The Balaban J connectivity index is 1.97. The molecule has 0 saturated heterocycles. The summed E-state index contributed by atoms with van der Waals surface area (Å²) in [7, 11) is 0. The standard InChI is InChI=1S/C20H37NO/c1-4-5-6-7-8-9-10-11-12-18-13-15-19(16-14-18)21-20(22)17(2)3/h18-19H,2,4-16H2,1,3H3,(H,21,22). The first kappa shape index (κ1) is 19.3. The fourth-order valence-corrected chi connectivity index (χ4v) is 3.47. The van der Waals surface area contributed by atoms with Crippen LogP contribution in [0.15, 0.2) is 12.2 Å². The van der Waals surface area contributed by atoms with E-state index in [9.17, 15) is 4.79 Å². The molecule has 1 N–H and O–H groups in total. The van der Waals surface area contributed by atoms with E-state index in [0.29, 0.717) is 11.6 Å². The Morgan fingerprint density at radius 3 is 2.05 bits per heavy atom. The zero-order valence-electron chi connectivity index (χ0n) is 15.0. The molecule has 0 aliphatic heterocycles. The molecule has 1 aliphatic rings. The number of carbonyl (C=O) groups is 1. The van der Waals surface area contributed by atoms with Crippen molar-refractivity contribution >= 4 is 5.91 Å². The maximum Gasteiger partial charge on any atom is 0.246 e. The van der Waals surface area contributed by atoms with Gasteiger partial charge in [0, 0.05) is 11.6 Å². The Labute approximate surface area is 138 Å². The predicted molar refractivity (Wildman–Crippen MR) is 95.9 cm³/mol. The third-order valence-corrected chi connectivity index (χ3v) is 5.04. The van der Waals surface area contributed by atoms with E-state index in [1.54, 1.807) is 6.92 Å². The van der Waals surface area contributed by atoms with Gasteiger partial charge in [0.25, 0.3) is 0 Å². The SMILES string of the molecule is C=C(C)C(=O)NC1CCC(CCCCCCCCCC)CC1. The van der Waals surface area contributed by atoms with Crippen molar-refractivity contribution in [2.45, 2.75) is 103 Å². The zero-order chi connectivity index (χ0) is 16.2. The summed E-state index contributed by atoms with van der Waals surface area (Å²) in [4.78, 5) is 11.6. The smallest absolute Gasteiger partial charge is 0.246 e. The molecule has 2 heteroatoms. The molecule has 0 aromatic heterocycles. The summed E-state index contributed by atoms with van der Waals surface area (Å²) in [6.07, 6.45) is 17.6. The van der Waals surface area contributed by atoms with Gasteiger partial charge >= 0.3 is 0 Å². The van der Waals surface area contributed by atoms with Crippen LogP contribution in [0.25, 0.3) is 0 Å². The summed E-state index contributed by atoms with van der Waals surface area (Å²) in [6.45, 7) is 7.76. The second-order valence-electron chi connectivity index (χ2n) is 7.23. The summed E-state index contributed by atoms with van der Waals surface area (Å²) < 4.78 is 0. The monoisotopic (exact) mass is 307 g/mol. The zero-order valence-corrected chi connectivity index (χ0v) is 15.0. The average Bonchev–Trinajstić information content (AvgIpc) is 2.51. The highest BCUT2D eigenvalue weighted by molar-refractivity contribution is 5.92. The largest absolute Gasteiger partial charge is 0.350 e. The van der Waals surface area contributed by atoms with Crippen molar-refractivity contribution in [3.05, 3.63) is 12.2 Å². The van der Waals surface area contributed by atoms with Crippen LogP contribution in [0.4, 0.5) is 0 Å². The van der Waals surface area contributed by atoms with Gasteiger partial charge in [-0.3, -0.25) is 4.79 Å². The number of hydrogen-bond acceptors (Lipinski definition) is 1. The molecule has 1 saturated carbocycles. The summed E-state index contributed by atoms with van der Waals surface area (Å²) in [6, 6.07) is 0.388. The molecule has 0 radical (unpaired) electrons. The van der Waals surface area contributed by atoms with Crippen LogP contribution in [0.1, 0.15) is 97.3 Å². The highest BCUT2D eigenvalue weighted by Crippen LogP contribution is 2.28. The molecule has 128 valence electrons. The Kier molecular flexibility index (Phi) is 10.3. The number of carbonyl (C=O) groups excluding carboxylic acids is 1. The molecule has 1 aliphatic carbocycles. The summed E-state index contributed by atoms with van der Waals surface area (Å²) in [5.41, 5.74) is 0.626. The first-order valence-electron chi connectivity index (χ1n) is 9.59. The molecular weight excluding hydrogens is 270 g/mol. The van der Waals surface area contributed by atoms with Crippen molar-refractivity contribution in [3.63, 3.8) is 0 Å². The highest BCUT2D eigenvalue weighted by atomic mass is 16.1. The van der Waals surface area contributed by atoms with Gasteiger partial charge in [-0.2, -0.15) is 0 Å². The van der Waals surface area contributed by atoms with Crippen molar-refractivity contribution in [1.29, 1.82) is 0 Å². The first-order chi connectivity index (χ1) is 10.6. The van der Waals surface area contributed by atoms with Gasteiger partial charge in [-0.05, 0) is 38.5 Å². The van der Waals surface area contributed by atoms with Crippen molar-refractivity contribution in [1.82, 2.24) is 5.32 Å². The number of nitrogens with one attached hydrogen (secondary N) is 1. The molecule has 0 aromatic carbocycles. The van der Waals surface area contributed by atoms with Crippen LogP contribution in [-0.2, 0) is 4.79 Å². The number of rotatable bonds is 11. The van der Waals surface area contributed by atoms with Gasteiger partial charge in [-0.25, -0.2) is 0 Å². The van der Waals surface area contributed by atoms with Crippen molar-refractivity contribution in [3.8, 4) is 0 Å². The van der Waals surface area contributed by atoms with E-state index >= 15 is 0 Å². The first-order valence-corrected chi connectivity index (χ1v) is 9.59. The number of hydrogen-bond donors (Lipinski definition) is 1. The molecule has 1 fully saturated rings. The Morgan fingerprint density at radius 1 is 0.955 bits per heavy atom. The molecule has 0 bridgehead atoms. The molecular formula is C20H37NO. The molecule has 0 spiro atoms. The Hall–Kier alpha value is -0.790. The highest BCUT2D eigenvalue weighted by Gasteiger charge is 2.22. The average molecular weight is 308 g/mol. The van der Waals surface area contributed by atoms with Crippen LogP contribution in [0, 0.1) is 5.92 Å². The maximum atomic E-state index is 11.6. The third-order valence-electron chi connectivity index (χ3n) is 5.04. The van der Waals surface area contributed by atoms with E-state index in [1.807, 2.05) is 0 Å². The Bertz CT molecular complexity index is 316. The van der Waals surface area contributed by atoms with Gasteiger partial charge in [0.1, 0.15) is 0 Å². The van der Waals surface area contributed by atoms with Crippen LogP contribution >= 0.6 is 0 Å². The van der Waals surface area contributed by atoms with E-state index in [-0.39, 0.29) is 5.91 Å². The minimum atomic E-state index is 0.0338. The van der Waals surface area contributed by atoms with Gasteiger partial charge < -0.3 is 5.32 Å². The van der Waals surface area contributed by atoms with E-state index in [2.05, 4.69) is 18.8 Å². The molecule has 0 unspecified atom stereocenters. The van der Waals surface area contributed by atoms with Gasteiger partial charge in [-0.1, -0.05) is 71.3 Å². The van der Waals surface area contributed by atoms with Crippen molar-refractivity contribution in [2.75, 3.05) is 0 Å². The second-order valence-corrected chi connectivity index (χ2v) is 7.23. The van der Waals surface area contributed by atoms with Gasteiger partial charge in [-0.15, -0.1) is 0 Å². The minimum absolute atomic E-state index is 0.0338. The van der Waals surface area contributed by atoms with Gasteiger partial charge in [0.05, 0.1) is 0 Å². The topological polar surface area (TPSA) is 29.1 Å². The van der Waals surface area contributed by atoms with Crippen molar-refractivity contribution in [2.24, 2.45) is 5.92 Å². The predicted octanol–water partition coefficient (Wildman–Crippen LogP) is 5.77. The van der Waals surface area contributed by atoms with Gasteiger partial charge in [0.2, 0.25) is 5.91 Å². The maximum absolute atomic E-state index is 11.6. The lowest BCUT2D eigenvalue weighted by molar-refractivity contribution is -0.118. The fourth-order valence-electron chi connectivity index (χ4n) is 3.47. The van der Waals surface area contributed by atoms with Crippen LogP contribution in [-0.4, -0.2) is 11.9 Å². The summed E-state index contributed by atoms with van der Waals surface area (Å²) in [5, 5.41) is 3.10. The lowest BCUT2D eigenvalue weighted by Gasteiger charge is -2.29. The van der Waals surface area contributed by atoms with E-state index in [4.69, 9.17) is 0 Å². The molecule has 0 aromatic rings. The second kappa shape index (κ2) is 11.7. The van der Waals surface area contributed by atoms with Crippen LogP contribution < -0.4 is 5.32 Å². The van der Waals surface area contributed by atoms with Crippen LogP contribution in [0.2, 0.25) is 0 Å². The summed E-state index contributed by atoms with van der Waals surface area (Å²) in [5.74, 6) is 0.935. The molecule has 0 atom stereocenters. The fraction of sp³-hybridized carbons (Fsp3) is 0.850. The number of amides is 1. The van der Waals surface area contributed by atoms with E-state index in [1.165, 1.54) is 70.6 Å². The molecule has 1 rings (SSSR count). The lowest BCUT2D eigenvalue weighted by atomic mass is 9.83. The summed E-state index contributed by atoms with van der Waals surface area (Å²) >= 11 is 0. The van der Waals surface area contributed by atoms with Crippen LogP contribution in [0.3, 0.4) is 0 Å². The van der Waals surface area contributed by atoms with Crippen LogP contribution in [0.5, 0.6) is 0 Å². The van der Waals surface area contributed by atoms with Gasteiger partial charge in [0.15, 0.2) is 0 Å². The number of unbranched alkanes of at least 4 members (excludes halogenated alkanes) is 7. The third kappa shape index (κ3) is 8.60. The van der Waals surface area contributed by atoms with E-state index < -0.39 is 0 Å². The minimum Gasteiger partial charge on any atom is -0.350 e. The van der Waals surface area contributed by atoms with Crippen molar-refractivity contribution < 1.29 is 4.79 Å². The lowest BCUT2D eigenvalue weighted by Crippen LogP contribution is -2.37. The molecule has 2 nitrogen and oxygen atoms in total. The van der Waals surface area contributed by atoms with E-state index in [0.717, 1.165) is 18.8 Å². The molecule has 22 heavy (non-hydrogen) atoms. The molecule has 0 heterocycles.